The molecule has 0 aliphatic carbocycles. The van der Waals surface area contributed by atoms with Gasteiger partial charge < -0.3 is 5.32 Å². The lowest BCUT2D eigenvalue weighted by atomic mass is 10.1. The van der Waals surface area contributed by atoms with Gasteiger partial charge in [0.2, 0.25) is 5.91 Å². The summed E-state index contributed by atoms with van der Waals surface area (Å²) in [6, 6.07) is 16.0. The Morgan fingerprint density at radius 3 is 2.86 bits per heavy atom. The first-order valence-electron chi connectivity index (χ1n) is 7.08. The minimum atomic E-state index is 0.0461. The van der Waals surface area contributed by atoms with Gasteiger partial charge in [0.1, 0.15) is 0 Å². The van der Waals surface area contributed by atoms with Crippen molar-refractivity contribution in [2.75, 3.05) is 5.32 Å². The van der Waals surface area contributed by atoms with Gasteiger partial charge in [0.15, 0.2) is 0 Å². The fourth-order valence-electron chi connectivity index (χ4n) is 2.34. The van der Waals surface area contributed by atoms with Gasteiger partial charge in [-0.3, -0.25) is 9.89 Å². The first kappa shape index (κ1) is 13.4. The third-order valence-electron chi connectivity index (χ3n) is 3.44. The second-order valence-corrected chi connectivity index (χ2v) is 5.06. The molecule has 0 bridgehead atoms. The number of nitrogens with zero attached hydrogens (tertiary/aromatic N) is 1. The summed E-state index contributed by atoms with van der Waals surface area (Å²) >= 11 is 0. The van der Waals surface area contributed by atoms with E-state index in [1.54, 1.807) is 6.20 Å². The molecule has 0 atom stereocenters. The number of hydrogen-bond donors (Lipinski definition) is 2. The van der Waals surface area contributed by atoms with Gasteiger partial charge >= 0.3 is 0 Å². The largest absolute Gasteiger partial charge is 0.326 e. The van der Waals surface area contributed by atoms with Crippen LogP contribution in [0.4, 0.5) is 5.69 Å². The molecule has 0 radical (unpaired) electrons. The van der Waals surface area contributed by atoms with Crippen molar-refractivity contribution >= 4 is 22.5 Å². The van der Waals surface area contributed by atoms with Crippen LogP contribution in [0, 0.1) is 0 Å². The number of anilines is 1. The highest BCUT2D eigenvalue weighted by molar-refractivity contribution is 5.93. The van der Waals surface area contributed by atoms with Gasteiger partial charge in [-0.15, -0.1) is 0 Å². The quantitative estimate of drug-likeness (QED) is 0.750. The zero-order chi connectivity index (χ0) is 14.5. The Labute approximate surface area is 123 Å². The maximum absolute atomic E-state index is 11.9. The summed E-state index contributed by atoms with van der Waals surface area (Å²) in [6.07, 6.45) is 4.06. The van der Waals surface area contributed by atoms with E-state index >= 15 is 0 Å². The van der Waals surface area contributed by atoms with E-state index in [-0.39, 0.29) is 5.91 Å². The number of rotatable bonds is 5. The number of benzene rings is 2. The summed E-state index contributed by atoms with van der Waals surface area (Å²) < 4.78 is 0. The number of aromatic amines is 1. The Morgan fingerprint density at radius 2 is 2.00 bits per heavy atom. The van der Waals surface area contributed by atoms with E-state index in [4.69, 9.17) is 0 Å². The first-order valence-corrected chi connectivity index (χ1v) is 7.08. The van der Waals surface area contributed by atoms with Crippen molar-refractivity contribution in [3.8, 4) is 0 Å². The smallest absolute Gasteiger partial charge is 0.224 e. The highest BCUT2D eigenvalue weighted by atomic mass is 16.1. The minimum absolute atomic E-state index is 0.0461. The molecule has 0 unspecified atom stereocenters. The highest BCUT2D eigenvalue weighted by Gasteiger charge is 2.04. The van der Waals surface area contributed by atoms with Gasteiger partial charge in [0.05, 0.1) is 11.7 Å². The van der Waals surface area contributed by atoms with Gasteiger partial charge in [0, 0.05) is 17.5 Å². The lowest BCUT2D eigenvalue weighted by molar-refractivity contribution is -0.116. The molecule has 3 rings (SSSR count). The Bertz CT molecular complexity index is 734. The van der Waals surface area contributed by atoms with Crippen molar-refractivity contribution in [3.63, 3.8) is 0 Å². The molecule has 2 aromatic carbocycles. The van der Waals surface area contributed by atoms with Crippen molar-refractivity contribution in [3.05, 3.63) is 60.3 Å². The molecular weight excluding hydrogens is 262 g/mol. The molecule has 106 valence electrons. The van der Waals surface area contributed by atoms with Crippen LogP contribution in [0.3, 0.4) is 0 Å². The molecule has 1 aromatic heterocycles. The van der Waals surface area contributed by atoms with Gasteiger partial charge in [-0.1, -0.05) is 30.3 Å². The predicted molar refractivity (Wildman–Crippen MR) is 84.1 cm³/mol. The number of carbonyl (C=O) groups is 1. The van der Waals surface area contributed by atoms with E-state index in [0.717, 1.165) is 29.4 Å². The number of fused-ring (bicyclic) bond motifs is 1. The van der Waals surface area contributed by atoms with Gasteiger partial charge in [-0.25, -0.2) is 0 Å². The molecule has 3 aromatic rings. The second-order valence-electron chi connectivity index (χ2n) is 5.06. The fraction of sp³-hybridized carbons (Fsp3) is 0.176. The Morgan fingerprint density at radius 1 is 1.14 bits per heavy atom. The summed E-state index contributed by atoms with van der Waals surface area (Å²) in [6.45, 7) is 0. The van der Waals surface area contributed by atoms with Crippen LogP contribution in [0.1, 0.15) is 18.4 Å². The molecule has 0 fully saturated rings. The predicted octanol–water partition coefficient (Wildman–Crippen LogP) is 3.52. The van der Waals surface area contributed by atoms with Gasteiger partial charge in [-0.05, 0) is 36.6 Å². The maximum Gasteiger partial charge on any atom is 0.224 e. The number of amides is 1. The van der Waals surface area contributed by atoms with Crippen molar-refractivity contribution in [1.82, 2.24) is 10.2 Å². The molecule has 0 aliphatic heterocycles. The average molecular weight is 279 g/mol. The molecule has 1 heterocycles. The third kappa shape index (κ3) is 3.48. The minimum Gasteiger partial charge on any atom is -0.326 e. The van der Waals surface area contributed by atoms with Crippen LogP contribution in [0.15, 0.2) is 54.7 Å². The first-order chi connectivity index (χ1) is 10.3. The van der Waals surface area contributed by atoms with E-state index < -0.39 is 0 Å². The molecule has 0 aliphatic rings. The normalized spacial score (nSPS) is 10.7. The van der Waals surface area contributed by atoms with Crippen LogP contribution in [0.25, 0.3) is 10.9 Å². The van der Waals surface area contributed by atoms with E-state index in [1.807, 2.05) is 36.4 Å². The lowest BCUT2D eigenvalue weighted by Crippen LogP contribution is -2.11. The summed E-state index contributed by atoms with van der Waals surface area (Å²) in [5, 5.41) is 10.8. The third-order valence-corrected chi connectivity index (χ3v) is 3.44. The van der Waals surface area contributed by atoms with Crippen LogP contribution in [0.2, 0.25) is 0 Å². The van der Waals surface area contributed by atoms with Gasteiger partial charge in [0.25, 0.3) is 0 Å². The number of carbonyl (C=O) groups excluding carboxylic acids is 1. The van der Waals surface area contributed by atoms with E-state index in [2.05, 4.69) is 27.6 Å². The zero-order valence-corrected chi connectivity index (χ0v) is 11.7. The summed E-state index contributed by atoms with van der Waals surface area (Å²) in [5.74, 6) is 0.0461. The van der Waals surface area contributed by atoms with Crippen molar-refractivity contribution in [2.45, 2.75) is 19.3 Å². The molecule has 1 amide bonds. The highest BCUT2D eigenvalue weighted by Crippen LogP contribution is 2.17. The second kappa shape index (κ2) is 6.22. The monoisotopic (exact) mass is 279 g/mol. The molecule has 0 saturated heterocycles. The molecule has 2 N–H and O–H groups in total. The van der Waals surface area contributed by atoms with E-state index in [9.17, 15) is 4.79 Å². The zero-order valence-electron chi connectivity index (χ0n) is 11.7. The number of aryl methyl sites for hydroxylation is 1. The Balaban J connectivity index is 1.51. The van der Waals surface area contributed by atoms with Crippen LogP contribution >= 0.6 is 0 Å². The molecule has 4 nitrogen and oxygen atoms in total. The topological polar surface area (TPSA) is 57.8 Å². The number of aromatic nitrogens is 2. The van der Waals surface area contributed by atoms with E-state index in [1.165, 1.54) is 5.56 Å². The molecule has 0 spiro atoms. The molecule has 21 heavy (non-hydrogen) atoms. The van der Waals surface area contributed by atoms with Crippen LogP contribution in [-0.2, 0) is 11.2 Å². The molecular formula is C17H17N3O. The van der Waals surface area contributed by atoms with E-state index in [0.29, 0.717) is 6.42 Å². The fourth-order valence-corrected chi connectivity index (χ4v) is 2.34. The summed E-state index contributed by atoms with van der Waals surface area (Å²) in [7, 11) is 0. The van der Waals surface area contributed by atoms with Gasteiger partial charge in [-0.2, -0.15) is 5.10 Å². The SMILES string of the molecule is O=C(CCCc1ccccc1)Nc1ccc2cn[nH]c2c1. The number of H-pyrrole nitrogens is 1. The summed E-state index contributed by atoms with van der Waals surface area (Å²) in [5.41, 5.74) is 3.00. The maximum atomic E-state index is 11.9. The molecule has 4 heteroatoms. The number of nitrogens with one attached hydrogen (secondary N) is 2. The summed E-state index contributed by atoms with van der Waals surface area (Å²) in [4.78, 5) is 11.9. The average Bonchev–Trinajstić information content (AvgIpc) is 2.96. The van der Waals surface area contributed by atoms with Crippen molar-refractivity contribution in [2.24, 2.45) is 0 Å². The Hall–Kier alpha value is -2.62. The number of hydrogen-bond acceptors (Lipinski definition) is 2. The lowest BCUT2D eigenvalue weighted by Gasteiger charge is -2.05. The van der Waals surface area contributed by atoms with Crippen LogP contribution in [-0.4, -0.2) is 16.1 Å². The van der Waals surface area contributed by atoms with Crippen molar-refractivity contribution < 1.29 is 4.79 Å². The molecule has 0 saturated carbocycles. The van der Waals surface area contributed by atoms with Crippen LogP contribution < -0.4 is 5.32 Å². The Kier molecular flexibility index (Phi) is 3.96. The van der Waals surface area contributed by atoms with Crippen LogP contribution in [0.5, 0.6) is 0 Å². The standard InChI is InChI=1S/C17H17N3O/c21-17(8-4-7-13-5-2-1-3-6-13)19-15-10-9-14-12-18-20-16(14)11-15/h1-3,5-6,9-12H,4,7-8H2,(H,18,20)(H,19,21). The van der Waals surface area contributed by atoms with Crippen molar-refractivity contribution in [1.29, 1.82) is 0 Å².